The summed E-state index contributed by atoms with van der Waals surface area (Å²) in [5, 5.41) is 0. The van der Waals surface area contributed by atoms with Crippen LogP contribution < -0.4 is 0 Å². The molecule has 0 aromatic heterocycles. The number of rotatable bonds is 1. The van der Waals surface area contributed by atoms with Gasteiger partial charge in [-0.3, -0.25) is 0 Å². The van der Waals surface area contributed by atoms with Gasteiger partial charge in [0.05, 0.1) is 0 Å². The van der Waals surface area contributed by atoms with E-state index in [0.717, 1.165) is 0 Å². The normalized spacial score (nSPS) is 8.43. The largest absolute Gasteiger partial charge is 0.748 e. The molecule has 2 aromatic rings. The van der Waals surface area contributed by atoms with Crippen LogP contribution in [0.5, 0.6) is 0 Å². The minimum Gasteiger partial charge on any atom is -0.748 e. The summed E-state index contributed by atoms with van der Waals surface area (Å²) in [5.74, 6) is 0.632. The molecule has 0 atom stereocenters. The van der Waals surface area contributed by atoms with Gasteiger partial charge in [0.15, 0.2) is 0 Å². The fraction of sp³-hybridized carbons (Fsp3) is 0.167. The molecule has 82 valence electrons. The Balaban J connectivity index is 0.000000227. The minimum absolute atomic E-state index is 0. The minimum atomic E-state index is 0. The maximum absolute atomic E-state index is 5.47. The van der Waals surface area contributed by atoms with Crippen LogP contribution in [0.4, 0.5) is 0 Å². The summed E-state index contributed by atoms with van der Waals surface area (Å²) in [5.41, 5.74) is 2.54. The second-order valence-electron chi connectivity index (χ2n) is 2.89. The molecule has 0 spiro atoms. The van der Waals surface area contributed by atoms with E-state index in [1.807, 2.05) is 36.4 Å². The van der Waals surface area contributed by atoms with E-state index in [2.05, 4.69) is 19.1 Å². The van der Waals surface area contributed by atoms with Crippen LogP contribution in [0.25, 0.3) is 0 Å². The molecule has 2 heteroatoms. The first-order valence-corrected chi connectivity index (χ1v) is 4.81. The van der Waals surface area contributed by atoms with E-state index in [9.17, 15) is 0 Å². The van der Waals surface area contributed by atoms with E-state index in [1.54, 1.807) is 0 Å². The van der Waals surface area contributed by atoms with Crippen LogP contribution in [0, 0.1) is 6.92 Å². The Morgan fingerprint density at radius 1 is 1.14 bits per heavy atom. The zero-order chi connectivity index (χ0) is 9.52. The summed E-state index contributed by atoms with van der Waals surface area (Å²) in [6, 6.07) is 16.2. The molecule has 0 amide bonds. The summed E-state index contributed by atoms with van der Waals surface area (Å²) in [6.45, 7) is 2.08. The van der Waals surface area contributed by atoms with Crippen molar-refractivity contribution in [2.24, 2.45) is 0 Å². The fourth-order valence-corrected chi connectivity index (χ4v) is 1.15. The molecule has 0 saturated heterocycles. The van der Waals surface area contributed by atoms with Gasteiger partial charge >= 0.3 is 0 Å². The van der Waals surface area contributed by atoms with E-state index in [4.69, 9.17) is 11.6 Å². The molecule has 0 aliphatic rings. The van der Waals surface area contributed by atoms with Gasteiger partial charge < -0.3 is 29.8 Å². The summed E-state index contributed by atoms with van der Waals surface area (Å²) in [4.78, 5) is 0. The zero-order valence-electron chi connectivity index (χ0n) is 8.06. The Labute approximate surface area is 101 Å². The number of hydrogen-bond donors (Lipinski definition) is 0. The van der Waals surface area contributed by atoms with E-state index < -0.39 is 0 Å². The van der Waals surface area contributed by atoms with Gasteiger partial charge in [-0.15, -0.1) is 5.88 Å². The SMILES string of the molecule is C[c-]1cccc1.ClC[c-]1[cH-][cH-][cH-][cH-]1.[Fe]. The first-order chi connectivity index (χ1) is 6.33. The van der Waals surface area contributed by atoms with Crippen LogP contribution in [-0.2, 0) is 22.9 Å². The predicted octanol–water partition coefficient (Wildman–Crippen LogP) is 3.86. The Kier molecular flexibility index (Phi) is 7.60. The van der Waals surface area contributed by atoms with Gasteiger partial charge in [-0.2, -0.15) is 29.3 Å². The molecule has 14 heavy (non-hydrogen) atoms. The summed E-state index contributed by atoms with van der Waals surface area (Å²) in [7, 11) is 0. The van der Waals surface area contributed by atoms with Crippen molar-refractivity contribution in [2.75, 3.05) is 0 Å². The number of halogens is 1. The zero-order valence-corrected chi connectivity index (χ0v) is 9.92. The third-order valence-corrected chi connectivity index (χ3v) is 2.02. The van der Waals surface area contributed by atoms with Crippen molar-refractivity contribution in [1.82, 2.24) is 0 Å². The van der Waals surface area contributed by atoms with Crippen molar-refractivity contribution < 1.29 is 17.1 Å². The molecule has 0 aliphatic heterocycles. The van der Waals surface area contributed by atoms with Crippen molar-refractivity contribution in [3.63, 3.8) is 0 Å². The third kappa shape index (κ3) is 5.28. The Morgan fingerprint density at radius 3 is 1.86 bits per heavy atom. The monoisotopic (exact) mass is 248 g/mol. The molecule has 0 saturated carbocycles. The van der Waals surface area contributed by atoms with Gasteiger partial charge in [0, 0.05) is 17.1 Å². The standard InChI is InChI=1S/C6H6Cl.C6H7.Fe/c7-5-6-3-1-2-4-6;1-6-4-2-3-5-6;/h1-4H,5H2;2-5H,1H3;/q-5;-1;. The van der Waals surface area contributed by atoms with Crippen LogP contribution in [0.15, 0.2) is 48.5 Å². The van der Waals surface area contributed by atoms with E-state index in [-0.39, 0.29) is 17.1 Å². The second kappa shape index (κ2) is 7.87. The van der Waals surface area contributed by atoms with Crippen molar-refractivity contribution >= 4 is 11.6 Å². The van der Waals surface area contributed by atoms with Gasteiger partial charge in [-0.1, -0.05) is 6.92 Å². The number of hydrogen-bond acceptors (Lipinski definition) is 0. The molecular formula is C12H13ClFe-6. The average Bonchev–Trinajstić information content (AvgIpc) is 2.76. The van der Waals surface area contributed by atoms with Crippen molar-refractivity contribution in [3.8, 4) is 0 Å². The molecule has 0 bridgehead atoms. The van der Waals surface area contributed by atoms with Crippen LogP contribution in [0.1, 0.15) is 11.1 Å². The maximum atomic E-state index is 5.47. The molecule has 0 nitrogen and oxygen atoms in total. The van der Waals surface area contributed by atoms with Crippen LogP contribution in [0.3, 0.4) is 0 Å². The van der Waals surface area contributed by atoms with Crippen molar-refractivity contribution in [1.29, 1.82) is 0 Å². The van der Waals surface area contributed by atoms with Gasteiger partial charge in [0.2, 0.25) is 0 Å². The van der Waals surface area contributed by atoms with Crippen LogP contribution >= 0.6 is 11.6 Å². The molecule has 0 unspecified atom stereocenters. The van der Waals surface area contributed by atoms with Crippen molar-refractivity contribution in [2.45, 2.75) is 12.8 Å². The molecule has 0 fully saturated rings. The quantitative estimate of drug-likeness (QED) is 0.408. The van der Waals surface area contributed by atoms with Crippen molar-refractivity contribution in [3.05, 3.63) is 59.7 Å². The predicted molar refractivity (Wildman–Crippen MR) is 58.4 cm³/mol. The Morgan fingerprint density at radius 2 is 1.64 bits per heavy atom. The van der Waals surface area contributed by atoms with Crippen LogP contribution in [0.2, 0.25) is 0 Å². The molecule has 0 N–H and O–H groups in total. The van der Waals surface area contributed by atoms with E-state index in [1.165, 1.54) is 11.1 Å². The first kappa shape index (κ1) is 13.5. The first-order valence-electron chi connectivity index (χ1n) is 4.28. The number of alkyl halides is 1. The Bertz CT molecular complexity index is 295. The molecule has 2 aromatic carbocycles. The topological polar surface area (TPSA) is 0 Å². The average molecular weight is 249 g/mol. The second-order valence-corrected chi connectivity index (χ2v) is 3.16. The molecule has 0 radical (unpaired) electrons. The maximum Gasteiger partial charge on any atom is 0 e. The fourth-order valence-electron chi connectivity index (χ4n) is 0.973. The third-order valence-electron chi connectivity index (χ3n) is 1.72. The van der Waals surface area contributed by atoms with Crippen LogP contribution in [-0.4, -0.2) is 0 Å². The number of aryl methyl sites for hydroxylation is 1. The summed E-state index contributed by atoms with van der Waals surface area (Å²) < 4.78 is 0. The van der Waals surface area contributed by atoms with E-state index >= 15 is 0 Å². The van der Waals surface area contributed by atoms with E-state index in [0.29, 0.717) is 5.88 Å². The molecular weight excluding hydrogens is 235 g/mol. The van der Waals surface area contributed by atoms with Gasteiger partial charge in [0.1, 0.15) is 0 Å². The molecule has 0 aliphatic carbocycles. The Hall–Kier alpha value is -0.491. The summed E-state index contributed by atoms with van der Waals surface area (Å²) in [6.07, 6.45) is 0. The van der Waals surface area contributed by atoms with Gasteiger partial charge in [-0.25, -0.2) is 12.1 Å². The molecule has 0 heterocycles. The van der Waals surface area contributed by atoms with Gasteiger partial charge in [0.25, 0.3) is 0 Å². The van der Waals surface area contributed by atoms with Gasteiger partial charge in [-0.05, 0) is 0 Å². The smallest absolute Gasteiger partial charge is 0 e. The summed E-state index contributed by atoms with van der Waals surface area (Å²) >= 11 is 5.47. The molecule has 2 rings (SSSR count).